The van der Waals surface area contributed by atoms with Crippen LogP contribution in [-0.4, -0.2) is 49.0 Å². The Balaban J connectivity index is 1.41. The van der Waals surface area contributed by atoms with Gasteiger partial charge in [0, 0.05) is 37.9 Å². The second kappa shape index (κ2) is 8.10. The van der Waals surface area contributed by atoms with Crippen LogP contribution in [0.15, 0.2) is 42.6 Å². The molecule has 4 rings (SSSR count). The van der Waals surface area contributed by atoms with Gasteiger partial charge >= 0.3 is 0 Å². The molecule has 5 nitrogen and oxygen atoms in total. The smallest absolute Gasteiger partial charge is 0.229 e. The molecule has 0 unspecified atom stereocenters. The number of carbonyl (C=O) groups excluding carboxylic acids is 1. The van der Waals surface area contributed by atoms with Gasteiger partial charge in [-0.3, -0.25) is 9.69 Å². The monoisotopic (exact) mass is 398 g/mol. The average molecular weight is 399 g/mol. The van der Waals surface area contributed by atoms with Crippen molar-refractivity contribution >= 4 is 23.3 Å². The van der Waals surface area contributed by atoms with Gasteiger partial charge in [-0.05, 0) is 61.7 Å². The minimum atomic E-state index is -0.418. The number of carbonyl (C=O) groups is 1. The number of aromatic nitrogens is 1. The first-order valence-electron chi connectivity index (χ1n) is 9.97. The van der Waals surface area contributed by atoms with Gasteiger partial charge in [0.1, 0.15) is 5.82 Å². The van der Waals surface area contributed by atoms with Crippen LogP contribution in [0.5, 0.6) is 0 Å². The Morgan fingerprint density at radius 1 is 1.11 bits per heavy atom. The number of nitrogens with zero attached hydrogens (tertiary/aromatic N) is 3. The van der Waals surface area contributed by atoms with E-state index in [2.05, 4.69) is 32.2 Å². The fraction of sp³-hybridized carbons (Fsp3) is 0.455. The van der Waals surface area contributed by atoms with Gasteiger partial charge in [0.25, 0.3) is 0 Å². The van der Waals surface area contributed by atoms with E-state index in [1.54, 1.807) is 7.05 Å². The zero-order valence-corrected chi connectivity index (χ0v) is 17.1. The lowest BCUT2D eigenvalue weighted by molar-refractivity contribution is -0.132. The molecule has 0 radical (unpaired) electrons. The van der Waals surface area contributed by atoms with Gasteiger partial charge in [-0.2, -0.15) is 0 Å². The first-order chi connectivity index (χ1) is 13.6. The van der Waals surface area contributed by atoms with Crippen LogP contribution < -0.4 is 10.2 Å². The Hall–Kier alpha value is -2.11. The second-order valence-electron chi connectivity index (χ2n) is 8.03. The van der Waals surface area contributed by atoms with Gasteiger partial charge in [-0.1, -0.05) is 29.8 Å². The minimum absolute atomic E-state index is 0.0874. The average Bonchev–Trinajstić information content (AvgIpc) is 3.19. The molecule has 0 spiro atoms. The van der Waals surface area contributed by atoms with Crippen molar-refractivity contribution in [2.24, 2.45) is 5.41 Å². The molecule has 2 fully saturated rings. The highest BCUT2D eigenvalue weighted by Crippen LogP contribution is 2.37. The van der Waals surface area contributed by atoms with Crippen molar-refractivity contribution in [3.63, 3.8) is 0 Å². The third-order valence-corrected chi connectivity index (χ3v) is 6.14. The number of pyridine rings is 1. The Labute approximate surface area is 171 Å². The molecular formula is C22H27ClN4O. The molecule has 2 aromatic rings. The Kier molecular flexibility index (Phi) is 5.56. The molecule has 2 aliphatic heterocycles. The van der Waals surface area contributed by atoms with Crippen LogP contribution in [0.3, 0.4) is 0 Å². The van der Waals surface area contributed by atoms with Crippen LogP contribution in [0.1, 0.15) is 24.0 Å². The summed E-state index contributed by atoms with van der Waals surface area (Å²) < 4.78 is 0. The fourth-order valence-corrected chi connectivity index (χ4v) is 4.46. The van der Waals surface area contributed by atoms with Crippen molar-refractivity contribution < 1.29 is 4.79 Å². The Morgan fingerprint density at radius 3 is 2.39 bits per heavy atom. The molecule has 1 aromatic heterocycles. The number of amides is 1. The molecule has 3 heterocycles. The molecule has 148 valence electrons. The number of benzene rings is 1. The van der Waals surface area contributed by atoms with Crippen LogP contribution in [0.4, 0.5) is 5.82 Å². The molecule has 1 N–H and O–H groups in total. The zero-order chi connectivity index (χ0) is 19.6. The summed E-state index contributed by atoms with van der Waals surface area (Å²) in [6, 6.07) is 12.0. The van der Waals surface area contributed by atoms with Crippen molar-refractivity contribution in [1.29, 1.82) is 0 Å². The summed E-state index contributed by atoms with van der Waals surface area (Å²) in [5.41, 5.74) is 1.96. The summed E-state index contributed by atoms with van der Waals surface area (Å²) >= 11 is 5.99. The van der Waals surface area contributed by atoms with E-state index in [9.17, 15) is 4.79 Å². The number of hydrogen-bond donors (Lipinski definition) is 1. The Morgan fingerprint density at radius 2 is 1.79 bits per heavy atom. The minimum Gasteiger partial charge on any atom is -0.359 e. The van der Waals surface area contributed by atoms with E-state index in [-0.39, 0.29) is 5.91 Å². The maximum absolute atomic E-state index is 12.6. The van der Waals surface area contributed by atoms with Crippen LogP contribution in [-0.2, 0) is 17.8 Å². The first kappa shape index (κ1) is 19.2. The molecule has 0 bridgehead atoms. The molecule has 2 aliphatic rings. The SMILES string of the molecule is CNC(=O)C1(Cc2ccc(Cl)cc2)CN(c2ccc(CN3CCCC3)cn2)C1. The largest absolute Gasteiger partial charge is 0.359 e. The van der Waals surface area contributed by atoms with Gasteiger partial charge in [0.2, 0.25) is 5.91 Å². The highest BCUT2D eigenvalue weighted by atomic mass is 35.5. The van der Waals surface area contributed by atoms with E-state index in [1.165, 1.54) is 31.5 Å². The molecular weight excluding hydrogens is 372 g/mol. The van der Waals surface area contributed by atoms with Crippen LogP contribution in [0.25, 0.3) is 0 Å². The maximum atomic E-state index is 12.6. The fourth-order valence-electron chi connectivity index (χ4n) is 4.34. The first-order valence-corrected chi connectivity index (χ1v) is 10.3. The van der Waals surface area contributed by atoms with E-state index in [0.29, 0.717) is 24.5 Å². The van der Waals surface area contributed by atoms with E-state index in [4.69, 9.17) is 11.6 Å². The predicted octanol–water partition coefficient (Wildman–Crippen LogP) is 3.13. The predicted molar refractivity (Wildman–Crippen MR) is 113 cm³/mol. The molecule has 1 aromatic carbocycles. The lowest BCUT2D eigenvalue weighted by atomic mass is 9.74. The van der Waals surface area contributed by atoms with Crippen molar-refractivity contribution in [1.82, 2.24) is 15.2 Å². The molecule has 0 atom stereocenters. The maximum Gasteiger partial charge on any atom is 0.229 e. The quantitative estimate of drug-likeness (QED) is 0.812. The van der Waals surface area contributed by atoms with Crippen LogP contribution in [0, 0.1) is 5.41 Å². The second-order valence-corrected chi connectivity index (χ2v) is 8.46. The van der Waals surface area contributed by atoms with Gasteiger partial charge in [0.05, 0.1) is 5.41 Å². The van der Waals surface area contributed by atoms with Crippen LogP contribution in [0.2, 0.25) is 5.02 Å². The number of nitrogens with one attached hydrogen (secondary N) is 1. The summed E-state index contributed by atoms with van der Waals surface area (Å²) in [4.78, 5) is 21.9. The normalized spacial score (nSPS) is 18.7. The summed E-state index contributed by atoms with van der Waals surface area (Å²) in [6.45, 7) is 4.70. The molecule has 6 heteroatoms. The number of likely N-dealkylation sites (tertiary alicyclic amines) is 1. The Bertz CT molecular complexity index is 809. The molecule has 28 heavy (non-hydrogen) atoms. The van der Waals surface area contributed by atoms with E-state index >= 15 is 0 Å². The van der Waals surface area contributed by atoms with E-state index in [0.717, 1.165) is 17.9 Å². The van der Waals surface area contributed by atoms with Crippen LogP contribution >= 0.6 is 11.6 Å². The lowest BCUT2D eigenvalue weighted by Gasteiger charge is -2.49. The molecule has 0 saturated carbocycles. The van der Waals surface area contributed by atoms with Gasteiger partial charge in [0.15, 0.2) is 0 Å². The molecule has 0 aliphatic carbocycles. The third kappa shape index (κ3) is 4.01. The summed E-state index contributed by atoms with van der Waals surface area (Å²) in [5.74, 6) is 1.03. The van der Waals surface area contributed by atoms with E-state index < -0.39 is 5.41 Å². The molecule has 2 saturated heterocycles. The number of rotatable bonds is 6. The third-order valence-electron chi connectivity index (χ3n) is 5.89. The number of halogens is 1. The van der Waals surface area contributed by atoms with Gasteiger partial charge in [-0.15, -0.1) is 0 Å². The van der Waals surface area contributed by atoms with Crippen molar-refractivity contribution in [2.75, 3.05) is 38.1 Å². The molecule has 1 amide bonds. The topological polar surface area (TPSA) is 48.5 Å². The standard InChI is InChI=1S/C22H27ClN4O/c1-24-21(28)22(12-17-4-7-19(23)8-5-17)15-27(16-22)20-9-6-18(13-25-20)14-26-10-2-3-11-26/h4-9,13H,2-3,10-12,14-16H2,1H3,(H,24,28). The highest BCUT2D eigenvalue weighted by molar-refractivity contribution is 6.30. The summed E-state index contributed by atoms with van der Waals surface area (Å²) in [6.07, 6.45) is 5.28. The van der Waals surface area contributed by atoms with Gasteiger partial charge in [-0.25, -0.2) is 4.98 Å². The lowest BCUT2D eigenvalue weighted by Crippen LogP contribution is -2.64. The van der Waals surface area contributed by atoms with Crippen molar-refractivity contribution in [3.05, 3.63) is 58.7 Å². The highest BCUT2D eigenvalue weighted by Gasteiger charge is 2.49. The van der Waals surface area contributed by atoms with Crippen molar-refractivity contribution in [3.8, 4) is 0 Å². The van der Waals surface area contributed by atoms with Gasteiger partial charge < -0.3 is 10.2 Å². The van der Waals surface area contributed by atoms with E-state index in [1.807, 2.05) is 30.5 Å². The zero-order valence-electron chi connectivity index (χ0n) is 16.3. The summed E-state index contributed by atoms with van der Waals surface area (Å²) in [7, 11) is 1.71. The van der Waals surface area contributed by atoms with Crippen molar-refractivity contribution in [2.45, 2.75) is 25.8 Å². The summed E-state index contributed by atoms with van der Waals surface area (Å²) in [5, 5.41) is 3.56. The number of anilines is 1. The number of hydrogen-bond acceptors (Lipinski definition) is 4.